The number of nitrogens with one attached hydrogen (secondary N) is 1. The van der Waals surface area contributed by atoms with E-state index in [0.717, 1.165) is 103 Å². The van der Waals surface area contributed by atoms with Crippen molar-refractivity contribution in [1.29, 1.82) is 0 Å². The second kappa shape index (κ2) is 51.5. The fourth-order valence-electron chi connectivity index (χ4n) is 7.20. The molecule has 8 nitrogen and oxygen atoms in total. The molecule has 404 valence electrons. The van der Waals surface area contributed by atoms with Crippen LogP contribution in [0.5, 0.6) is 0 Å². The zero-order valence-corrected chi connectivity index (χ0v) is 46.8. The molecule has 9 heteroatoms. The molecule has 0 aliphatic heterocycles. The highest BCUT2D eigenvalue weighted by atomic mass is 31.2. The summed E-state index contributed by atoms with van der Waals surface area (Å²) in [5.41, 5.74) is 0. The molecule has 0 rings (SSSR count). The molecule has 0 aromatic heterocycles. The van der Waals surface area contributed by atoms with Crippen LogP contribution in [0.4, 0.5) is 0 Å². The van der Waals surface area contributed by atoms with Crippen molar-refractivity contribution in [3.63, 3.8) is 0 Å². The number of hydrogen-bond donors (Lipinski definition) is 2. The molecule has 0 radical (unpaired) electrons. The monoisotopic (exact) mass is 1000 g/mol. The lowest BCUT2D eigenvalue weighted by atomic mass is 10.0. The molecular weight excluding hydrogens is 900 g/mol. The molecule has 0 spiro atoms. The van der Waals surface area contributed by atoms with Crippen molar-refractivity contribution in [1.82, 2.24) is 5.32 Å². The van der Waals surface area contributed by atoms with Crippen LogP contribution in [0.25, 0.3) is 0 Å². The summed E-state index contributed by atoms with van der Waals surface area (Å²) in [6.07, 6.45) is 78.5. The summed E-state index contributed by atoms with van der Waals surface area (Å²) in [6.45, 7) is 4.41. The van der Waals surface area contributed by atoms with Gasteiger partial charge in [-0.2, -0.15) is 0 Å². The van der Waals surface area contributed by atoms with Crippen LogP contribution in [-0.2, 0) is 18.4 Å². The van der Waals surface area contributed by atoms with Gasteiger partial charge in [0.05, 0.1) is 39.9 Å². The third kappa shape index (κ3) is 54.3. The Bertz CT molecular complexity index is 1610. The Morgan fingerprint density at radius 3 is 1.31 bits per heavy atom. The van der Waals surface area contributed by atoms with E-state index < -0.39 is 26.6 Å². The average Bonchev–Trinajstić information content (AvgIpc) is 3.33. The van der Waals surface area contributed by atoms with Crippen LogP contribution >= 0.6 is 7.82 Å². The Balaban J connectivity index is 3.95. The molecule has 71 heavy (non-hydrogen) atoms. The molecule has 0 bridgehead atoms. The zero-order valence-electron chi connectivity index (χ0n) is 45.9. The van der Waals surface area contributed by atoms with E-state index in [2.05, 4.69) is 141 Å². The van der Waals surface area contributed by atoms with Crippen molar-refractivity contribution in [2.45, 2.75) is 212 Å². The number of quaternary nitrogens is 1. The van der Waals surface area contributed by atoms with Crippen molar-refractivity contribution in [3.8, 4) is 0 Å². The number of phosphoric acid groups is 1. The van der Waals surface area contributed by atoms with Gasteiger partial charge in [0.1, 0.15) is 13.2 Å². The quantitative estimate of drug-likeness (QED) is 0.0272. The van der Waals surface area contributed by atoms with Gasteiger partial charge in [-0.3, -0.25) is 9.36 Å². The SMILES string of the molecule is CC/C=C\C/C=C\C/C=C\C/C=C\C/C=C\C/C=C\C/C=C\C/C=C\C/C=C\CCCCCCCCCCCCCCCC(=O)NC(COP(=O)([O-])OCC[N+](C)(C)C)C(O)/C=C/CC/C=C/CCCC. The largest absolute Gasteiger partial charge is 0.756 e. The van der Waals surface area contributed by atoms with Gasteiger partial charge in [-0.05, 0) is 96.3 Å². The van der Waals surface area contributed by atoms with Crippen LogP contribution < -0.4 is 10.2 Å². The van der Waals surface area contributed by atoms with Gasteiger partial charge in [-0.1, -0.05) is 231 Å². The van der Waals surface area contributed by atoms with E-state index in [-0.39, 0.29) is 12.5 Å². The number of rotatable bonds is 49. The van der Waals surface area contributed by atoms with Gasteiger partial charge in [0.2, 0.25) is 5.91 Å². The molecule has 3 atom stereocenters. The van der Waals surface area contributed by atoms with Crippen molar-refractivity contribution in [3.05, 3.63) is 134 Å². The van der Waals surface area contributed by atoms with Crippen molar-refractivity contribution in [2.24, 2.45) is 0 Å². The van der Waals surface area contributed by atoms with E-state index in [1.165, 1.54) is 77.0 Å². The highest BCUT2D eigenvalue weighted by molar-refractivity contribution is 7.45. The van der Waals surface area contributed by atoms with Crippen LogP contribution in [0.2, 0.25) is 0 Å². The predicted octanol–water partition coefficient (Wildman–Crippen LogP) is 16.5. The van der Waals surface area contributed by atoms with Crippen LogP contribution in [0.15, 0.2) is 134 Å². The highest BCUT2D eigenvalue weighted by Gasteiger charge is 2.23. The number of aliphatic hydroxyl groups is 1. The molecule has 0 aliphatic carbocycles. The minimum absolute atomic E-state index is 0.0124. The Hall–Kier alpha value is -3.36. The van der Waals surface area contributed by atoms with Gasteiger partial charge in [0.25, 0.3) is 7.82 Å². The predicted molar refractivity (Wildman–Crippen MR) is 306 cm³/mol. The molecule has 0 aromatic carbocycles. The van der Waals surface area contributed by atoms with E-state index in [1.54, 1.807) is 6.08 Å². The normalized spacial score (nSPS) is 15.0. The number of hydrogen-bond acceptors (Lipinski definition) is 6. The second-order valence-electron chi connectivity index (χ2n) is 19.5. The minimum atomic E-state index is -4.60. The van der Waals surface area contributed by atoms with Gasteiger partial charge in [0, 0.05) is 6.42 Å². The van der Waals surface area contributed by atoms with Crippen LogP contribution in [0.1, 0.15) is 200 Å². The van der Waals surface area contributed by atoms with Crippen molar-refractivity contribution in [2.75, 3.05) is 40.9 Å². The fourth-order valence-corrected chi connectivity index (χ4v) is 7.93. The van der Waals surface area contributed by atoms with Gasteiger partial charge >= 0.3 is 0 Å². The first kappa shape index (κ1) is 67.6. The third-order valence-electron chi connectivity index (χ3n) is 11.6. The zero-order chi connectivity index (χ0) is 52.0. The summed E-state index contributed by atoms with van der Waals surface area (Å²) in [7, 11) is 1.22. The first-order valence-electron chi connectivity index (χ1n) is 28.0. The summed E-state index contributed by atoms with van der Waals surface area (Å²) in [6, 6.07) is -0.909. The molecule has 1 amide bonds. The molecule has 0 aliphatic rings. The third-order valence-corrected chi connectivity index (χ3v) is 12.6. The summed E-state index contributed by atoms with van der Waals surface area (Å²) < 4.78 is 23.1. The number of nitrogens with zero attached hydrogens (tertiary/aromatic N) is 1. The van der Waals surface area contributed by atoms with E-state index >= 15 is 0 Å². The standard InChI is InChI=1S/C62H105N2O6P/c1-6-8-10-12-14-16-17-18-19-20-21-22-23-24-25-26-27-28-29-30-31-32-33-34-35-36-37-38-39-40-41-42-43-44-45-46-47-48-50-52-54-56-62(66)63-60(59-70-71(67,68)69-58-57-64(3,4)5)61(65)55-53-51-49-15-13-11-9-7-2/h8,10,13-16,18-19,21-22,24-25,27-28,30-31,33-34,36-37,53,55,60-61,65H,6-7,9,11-12,17,20,23,26,29,32,35,38-52,54,56-59H2,1-5H3,(H-,63,66,67,68)/b10-8-,15-13+,16-14-,19-18-,22-21-,25-24-,28-27-,31-30-,34-33-,37-36-,55-53+. The number of allylic oxidation sites excluding steroid dienone is 21. The number of likely N-dealkylation sites (N-methyl/N-ethyl adjacent to an activating group) is 1. The van der Waals surface area contributed by atoms with Gasteiger partial charge in [-0.25, -0.2) is 0 Å². The molecule has 0 heterocycles. The lowest BCUT2D eigenvalue weighted by Gasteiger charge is -2.29. The molecule has 0 aromatic rings. The fraction of sp³-hybridized carbons (Fsp3) is 0.629. The smallest absolute Gasteiger partial charge is 0.268 e. The Morgan fingerprint density at radius 1 is 0.507 bits per heavy atom. The first-order chi connectivity index (χ1) is 34.5. The highest BCUT2D eigenvalue weighted by Crippen LogP contribution is 2.38. The lowest BCUT2D eigenvalue weighted by molar-refractivity contribution is -0.870. The Kier molecular flexibility index (Phi) is 49.1. The first-order valence-corrected chi connectivity index (χ1v) is 29.5. The molecular formula is C62H105N2O6P. The second-order valence-corrected chi connectivity index (χ2v) is 21.0. The average molecular weight is 1010 g/mol. The van der Waals surface area contributed by atoms with E-state index in [1.807, 2.05) is 27.2 Å². The van der Waals surface area contributed by atoms with E-state index in [0.29, 0.717) is 17.4 Å². The van der Waals surface area contributed by atoms with Gasteiger partial charge < -0.3 is 28.8 Å². The number of aliphatic hydroxyl groups excluding tert-OH is 1. The summed E-state index contributed by atoms with van der Waals surface area (Å²) in [5.74, 6) is -0.218. The molecule has 3 unspecified atom stereocenters. The summed E-state index contributed by atoms with van der Waals surface area (Å²) in [5, 5.41) is 13.7. The van der Waals surface area contributed by atoms with Crippen LogP contribution in [-0.4, -0.2) is 68.5 Å². The minimum Gasteiger partial charge on any atom is -0.756 e. The molecule has 2 N–H and O–H groups in total. The maximum Gasteiger partial charge on any atom is 0.268 e. The maximum absolute atomic E-state index is 12.9. The topological polar surface area (TPSA) is 108 Å². The Labute approximate surface area is 436 Å². The number of amides is 1. The summed E-state index contributed by atoms with van der Waals surface area (Å²) >= 11 is 0. The Morgan fingerprint density at radius 2 is 0.873 bits per heavy atom. The van der Waals surface area contributed by atoms with Crippen molar-refractivity contribution >= 4 is 13.7 Å². The number of carbonyl (C=O) groups is 1. The van der Waals surface area contributed by atoms with E-state index in [9.17, 15) is 19.4 Å². The van der Waals surface area contributed by atoms with Gasteiger partial charge in [0.15, 0.2) is 0 Å². The number of carbonyl (C=O) groups excluding carboxylic acids is 1. The van der Waals surface area contributed by atoms with Crippen molar-refractivity contribution < 1.29 is 32.9 Å². The lowest BCUT2D eigenvalue weighted by Crippen LogP contribution is -2.45. The van der Waals surface area contributed by atoms with Crippen LogP contribution in [0, 0.1) is 0 Å². The molecule has 0 saturated carbocycles. The molecule has 0 saturated heterocycles. The van der Waals surface area contributed by atoms with Crippen LogP contribution in [0.3, 0.4) is 0 Å². The summed E-state index contributed by atoms with van der Waals surface area (Å²) in [4.78, 5) is 25.3. The number of phosphoric ester groups is 1. The maximum atomic E-state index is 12.9. The number of unbranched alkanes of at least 4 members (excludes halogenated alkanes) is 16. The van der Waals surface area contributed by atoms with Gasteiger partial charge in [-0.15, -0.1) is 0 Å². The molecule has 0 fully saturated rings. The van der Waals surface area contributed by atoms with E-state index in [4.69, 9.17) is 9.05 Å².